The average Bonchev–Trinajstić information content (AvgIpc) is 2.16. The molecule has 0 radical (unpaired) electrons. The third-order valence-electron chi connectivity index (χ3n) is 2.09. The molecule has 1 unspecified atom stereocenters. The summed E-state index contributed by atoms with van der Waals surface area (Å²) in [5, 5.41) is 0. The summed E-state index contributed by atoms with van der Waals surface area (Å²) in [6, 6.07) is 5.51. The zero-order valence-electron chi connectivity index (χ0n) is 8.87. The maximum Gasteiger partial charge on any atom is 1.00 e. The van der Waals surface area contributed by atoms with Gasteiger partial charge in [0.2, 0.25) is 0 Å². The molecule has 0 N–H and O–H groups in total. The van der Waals surface area contributed by atoms with Crippen LogP contribution in [0.4, 0.5) is 0 Å². The SMILES string of the molecule is CCc1ccc(S(=O)[O-])c(CC)c1.[Na+]. The van der Waals surface area contributed by atoms with Crippen molar-refractivity contribution in [3.63, 3.8) is 0 Å². The summed E-state index contributed by atoms with van der Waals surface area (Å²) >= 11 is -2.10. The van der Waals surface area contributed by atoms with Crippen molar-refractivity contribution in [2.45, 2.75) is 31.6 Å². The molecule has 1 aromatic carbocycles. The van der Waals surface area contributed by atoms with E-state index in [2.05, 4.69) is 6.92 Å². The van der Waals surface area contributed by atoms with Crippen LogP contribution in [0.5, 0.6) is 0 Å². The van der Waals surface area contributed by atoms with Crippen molar-refractivity contribution >= 4 is 11.1 Å². The summed E-state index contributed by atoms with van der Waals surface area (Å²) in [6.45, 7) is 4.02. The van der Waals surface area contributed by atoms with Crippen molar-refractivity contribution in [3.05, 3.63) is 29.3 Å². The maximum atomic E-state index is 10.8. The van der Waals surface area contributed by atoms with Gasteiger partial charge in [0.15, 0.2) is 0 Å². The third-order valence-corrected chi connectivity index (χ3v) is 2.85. The third kappa shape index (κ3) is 3.48. The summed E-state index contributed by atoms with van der Waals surface area (Å²) in [4.78, 5) is 0.430. The van der Waals surface area contributed by atoms with Gasteiger partial charge < -0.3 is 4.55 Å². The Balaban J connectivity index is 0.00000169. The fraction of sp³-hybridized carbons (Fsp3) is 0.400. The van der Waals surface area contributed by atoms with E-state index in [1.165, 1.54) is 5.56 Å². The monoisotopic (exact) mass is 220 g/mol. The summed E-state index contributed by atoms with van der Waals surface area (Å²) in [5.41, 5.74) is 2.10. The first-order valence-electron chi connectivity index (χ1n) is 4.40. The zero-order valence-corrected chi connectivity index (χ0v) is 11.7. The molecule has 0 aromatic heterocycles. The smallest absolute Gasteiger partial charge is 0.768 e. The van der Waals surface area contributed by atoms with Gasteiger partial charge in [0.25, 0.3) is 0 Å². The molecule has 0 heterocycles. The van der Waals surface area contributed by atoms with Crippen LogP contribution in [-0.4, -0.2) is 8.76 Å². The van der Waals surface area contributed by atoms with Crippen LogP contribution in [0, 0.1) is 0 Å². The van der Waals surface area contributed by atoms with Gasteiger partial charge in [-0.2, -0.15) is 0 Å². The average molecular weight is 220 g/mol. The van der Waals surface area contributed by atoms with Crippen LogP contribution in [0.25, 0.3) is 0 Å². The van der Waals surface area contributed by atoms with E-state index in [0.29, 0.717) is 4.90 Å². The Labute approximate surface area is 110 Å². The number of aryl methyl sites for hydroxylation is 2. The van der Waals surface area contributed by atoms with Gasteiger partial charge in [-0.25, -0.2) is 0 Å². The van der Waals surface area contributed by atoms with E-state index in [0.717, 1.165) is 18.4 Å². The standard InChI is InChI=1S/C10H14O2S.Na/c1-3-8-5-6-10(13(11)12)9(4-2)7-8;/h5-7H,3-4H2,1-2H3,(H,11,12);/q;+1/p-1. The van der Waals surface area contributed by atoms with Gasteiger partial charge in [-0.3, -0.25) is 4.21 Å². The van der Waals surface area contributed by atoms with Crippen molar-refractivity contribution < 1.29 is 38.3 Å². The minimum absolute atomic E-state index is 0. The maximum absolute atomic E-state index is 10.8. The van der Waals surface area contributed by atoms with Crippen LogP contribution in [0.2, 0.25) is 0 Å². The molecule has 72 valence electrons. The summed E-state index contributed by atoms with van der Waals surface area (Å²) in [5.74, 6) is 0. The van der Waals surface area contributed by atoms with E-state index in [1.54, 1.807) is 6.07 Å². The molecule has 14 heavy (non-hydrogen) atoms. The Morgan fingerprint density at radius 3 is 2.36 bits per heavy atom. The molecule has 1 aromatic rings. The fourth-order valence-electron chi connectivity index (χ4n) is 1.29. The van der Waals surface area contributed by atoms with Gasteiger partial charge in [0.05, 0.1) is 0 Å². The topological polar surface area (TPSA) is 40.1 Å². The van der Waals surface area contributed by atoms with Crippen LogP contribution in [0.15, 0.2) is 23.1 Å². The first-order valence-corrected chi connectivity index (χ1v) is 5.47. The van der Waals surface area contributed by atoms with Crippen LogP contribution in [0.1, 0.15) is 25.0 Å². The number of hydrogen-bond acceptors (Lipinski definition) is 2. The molecule has 0 saturated carbocycles. The Hall–Kier alpha value is 0.330. The molecule has 0 amide bonds. The second kappa shape index (κ2) is 6.75. The molecule has 0 fully saturated rings. The molecule has 0 saturated heterocycles. The van der Waals surface area contributed by atoms with Gasteiger partial charge >= 0.3 is 29.6 Å². The first-order chi connectivity index (χ1) is 6.19. The molecule has 0 aliphatic carbocycles. The van der Waals surface area contributed by atoms with Gasteiger partial charge in [-0.05, 0) is 41.1 Å². The number of hydrogen-bond donors (Lipinski definition) is 0. The summed E-state index contributed by atoms with van der Waals surface area (Å²) in [7, 11) is 0. The van der Waals surface area contributed by atoms with E-state index in [1.807, 2.05) is 19.1 Å². The zero-order chi connectivity index (χ0) is 9.84. The van der Waals surface area contributed by atoms with E-state index >= 15 is 0 Å². The quantitative estimate of drug-likeness (QED) is 0.487. The van der Waals surface area contributed by atoms with Crippen LogP contribution < -0.4 is 29.6 Å². The molecular formula is C10H13NaO2S. The number of benzene rings is 1. The van der Waals surface area contributed by atoms with Crippen LogP contribution in [0.3, 0.4) is 0 Å². The molecule has 1 atom stereocenters. The minimum atomic E-state index is -2.10. The van der Waals surface area contributed by atoms with Gasteiger partial charge in [-0.1, -0.05) is 26.0 Å². The summed E-state index contributed by atoms with van der Waals surface area (Å²) in [6.07, 6.45) is 1.70. The predicted molar refractivity (Wildman–Crippen MR) is 52.4 cm³/mol. The molecule has 0 spiro atoms. The molecule has 4 heteroatoms. The molecular weight excluding hydrogens is 207 g/mol. The second-order valence-electron chi connectivity index (χ2n) is 2.88. The second-order valence-corrected chi connectivity index (χ2v) is 3.79. The molecule has 1 rings (SSSR count). The minimum Gasteiger partial charge on any atom is -0.768 e. The van der Waals surface area contributed by atoms with Crippen molar-refractivity contribution in [3.8, 4) is 0 Å². The van der Waals surface area contributed by atoms with Gasteiger partial charge in [0, 0.05) is 4.90 Å². The van der Waals surface area contributed by atoms with Crippen LogP contribution >= 0.6 is 0 Å². The van der Waals surface area contributed by atoms with Crippen LogP contribution in [-0.2, 0) is 23.9 Å². The van der Waals surface area contributed by atoms with E-state index in [-0.39, 0.29) is 29.6 Å². The Morgan fingerprint density at radius 1 is 1.29 bits per heavy atom. The summed E-state index contributed by atoms with van der Waals surface area (Å²) < 4.78 is 21.6. The largest absolute Gasteiger partial charge is 1.00 e. The number of rotatable bonds is 3. The molecule has 2 nitrogen and oxygen atoms in total. The van der Waals surface area contributed by atoms with E-state index < -0.39 is 11.1 Å². The fourth-order valence-corrected chi connectivity index (χ4v) is 1.89. The van der Waals surface area contributed by atoms with E-state index in [9.17, 15) is 8.76 Å². The Morgan fingerprint density at radius 2 is 1.93 bits per heavy atom. The Bertz CT molecular complexity index is 326. The first kappa shape index (κ1) is 14.3. The van der Waals surface area contributed by atoms with E-state index in [4.69, 9.17) is 0 Å². The van der Waals surface area contributed by atoms with Crippen molar-refractivity contribution in [1.82, 2.24) is 0 Å². The molecule has 0 aliphatic heterocycles. The molecule has 0 aliphatic rings. The van der Waals surface area contributed by atoms with Crippen molar-refractivity contribution in [2.24, 2.45) is 0 Å². The van der Waals surface area contributed by atoms with Gasteiger partial charge in [0.1, 0.15) is 0 Å². The van der Waals surface area contributed by atoms with Crippen molar-refractivity contribution in [1.29, 1.82) is 0 Å². The van der Waals surface area contributed by atoms with Gasteiger partial charge in [-0.15, -0.1) is 0 Å². The molecule has 0 bridgehead atoms. The van der Waals surface area contributed by atoms with Crippen molar-refractivity contribution in [2.75, 3.05) is 0 Å². The normalized spacial score (nSPS) is 11.9. The Kier molecular flexibility index (Phi) is 6.91. The predicted octanol–water partition coefficient (Wildman–Crippen LogP) is -0.947.